The molecule has 1 aromatic heterocycles. The van der Waals surface area contributed by atoms with Crippen LogP contribution >= 0.6 is 11.6 Å². The second-order valence-electron chi connectivity index (χ2n) is 4.55. The number of pyridine rings is 1. The number of carbonyl (C=O) groups excluding carboxylic acids is 1. The molecule has 1 heterocycles. The van der Waals surface area contributed by atoms with E-state index in [0.717, 1.165) is 10.8 Å². The number of halogens is 1. The molecule has 1 atom stereocenters. The molecule has 0 radical (unpaired) electrons. The summed E-state index contributed by atoms with van der Waals surface area (Å²) in [4.78, 5) is 16.3. The summed E-state index contributed by atoms with van der Waals surface area (Å²) in [7, 11) is 0. The summed E-state index contributed by atoms with van der Waals surface area (Å²) in [5, 5.41) is 4.92. The monoisotopic (exact) mass is 292 g/mol. The molecule has 4 nitrogen and oxygen atoms in total. The average molecular weight is 293 g/mol. The van der Waals surface area contributed by atoms with E-state index in [1.54, 1.807) is 6.07 Å². The van der Waals surface area contributed by atoms with E-state index in [-0.39, 0.29) is 11.9 Å². The largest absolute Gasteiger partial charge is 0.380 e. The van der Waals surface area contributed by atoms with Crippen LogP contribution in [-0.2, 0) is 4.74 Å². The fraction of sp³-hybridized carbons (Fsp3) is 0.333. The minimum Gasteiger partial charge on any atom is -0.380 e. The Morgan fingerprint density at radius 1 is 1.45 bits per heavy atom. The van der Waals surface area contributed by atoms with Crippen LogP contribution in [0.4, 0.5) is 0 Å². The smallest absolute Gasteiger partial charge is 0.270 e. The lowest BCUT2D eigenvalue weighted by molar-refractivity contribution is 0.0867. The van der Waals surface area contributed by atoms with Gasteiger partial charge in [-0.3, -0.25) is 4.79 Å². The number of hydrogen-bond donors (Lipinski definition) is 1. The number of hydrogen-bond acceptors (Lipinski definition) is 3. The van der Waals surface area contributed by atoms with Gasteiger partial charge in [-0.2, -0.15) is 0 Å². The first-order chi connectivity index (χ1) is 9.61. The van der Waals surface area contributed by atoms with Crippen molar-refractivity contribution in [1.82, 2.24) is 10.3 Å². The van der Waals surface area contributed by atoms with Crippen molar-refractivity contribution in [2.75, 3.05) is 13.2 Å². The summed E-state index contributed by atoms with van der Waals surface area (Å²) < 4.78 is 5.26. The predicted molar refractivity (Wildman–Crippen MR) is 80.2 cm³/mol. The Labute approximate surface area is 123 Å². The van der Waals surface area contributed by atoms with Gasteiger partial charge in [-0.15, -0.1) is 0 Å². The van der Waals surface area contributed by atoms with Crippen molar-refractivity contribution in [2.45, 2.75) is 19.9 Å². The van der Waals surface area contributed by atoms with Crippen LogP contribution in [0.2, 0.25) is 5.15 Å². The Morgan fingerprint density at radius 3 is 2.95 bits per heavy atom. The lowest BCUT2D eigenvalue weighted by Gasteiger charge is -2.13. The lowest BCUT2D eigenvalue weighted by atomic mass is 10.1. The van der Waals surface area contributed by atoms with Gasteiger partial charge in [-0.05, 0) is 25.3 Å². The van der Waals surface area contributed by atoms with Crippen molar-refractivity contribution in [3.05, 3.63) is 41.2 Å². The number of fused-ring (bicyclic) bond motifs is 1. The van der Waals surface area contributed by atoms with Crippen LogP contribution in [0.15, 0.2) is 30.3 Å². The summed E-state index contributed by atoms with van der Waals surface area (Å²) in [6.45, 7) is 4.90. The van der Waals surface area contributed by atoms with Gasteiger partial charge in [0.05, 0.1) is 6.61 Å². The van der Waals surface area contributed by atoms with E-state index >= 15 is 0 Å². The van der Waals surface area contributed by atoms with Crippen molar-refractivity contribution in [1.29, 1.82) is 0 Å². The lowest BCUT2D eigenvalue weighted by Crippen LogP contribution is -2.36. The molecule has 1 amide bonds. The fourth-order valence-corrected chi connectivity index (χ4v) is 2.17. The van der Waals surface area contributed by atoms with Crippen molar-refractivity contribution < 1.29 is 9.53 Å². The van der Waals surface area contributed by atoms with Crippen molar-refractivity contribution >= 4 is 28.3 Å². The van der Waals surface area contributed by atoms with Gasteiger partial charge in [0.2, 0.25) is 0 Å². The molecule has 0 bridgehead atoms. The number of nitrogens with zero attached hydrogens (tertiary/aromatic N) is 1. The second kappa shape index (κ2) is 6.68. The van der Waals surface area contributed by atoms with Gasteiger partial charge in [0.1, 0.15) is 10.8 Å². The maximum atomic E-state index is 12.1. The number of amides is 1. The summed E-state index contributed by atoms with van der Waals surface area (Å²) in [6, 6.07) is 9.24. The van der Waals surface area contributed by atoms with Gasteiger partial charge >= 0.3 is 0 Å². The zero-order chi connectivity index (χ0) is 14.5. The first-order valence-electron chi connectivity index (χ1n) is 6.55. The third kappa shape index (κ3) is 3.46. The average Bonchev–Trinajstić information content (AvgIpc) is 2.45. The van der Waals surface area contributed by atoms with Crippen LogP contribution in [-0.4, -0.2) is 30.1 Å². The molecule has 2 rings (SSSR count). The molecular weight excluding hydrogens is 276 g/mol. The Bertz CT molecular complexity index is 616. The standard InChI is InChI=1S/C15H17ClN2O2/c1-3-20-9-10(2)17-15(19)13-8-11-6-4-5-7-12(11)14(16)18-13/h4-8,10H,3,9H2,1-2H3,(H,17,19). The molecule has 20 heavy (non-hydrogen) atoms. The molecular formula is C15H17ClN2O2. The van der Waals surface area contributed by atoms with Crippen LogP contribution < -0.4 is 5.32 Å². The normalized spacial score (nSPS) is 12.3. The van der Waals surface area contributed by atoms with Gasteiger partial charge < -0.3 is 10.1 Å². The van der Waals surface area contributed by atoms with Crippen molar-refractivity contribution in [3.63, 3.8) is 0 Å². The van der Waals surface area contributed by atoms with Crippen molar-refractivity contribution in [3.8, 4) is 0 Å². The highest BCUT2D eigenvalue weighted by molar-refractivity contribution is 6.34. The van der Waals surface area contributed by atoms with Gasteiger partial charge in [0.15, 0.2) is 0 Å². The Morgan fingerprint density at radius 2 is 2.20 bits per heavy atom. The third-order valence-corrected chi connectivity index (χ3v) is 3.16. The van der Waals surface area contributed by atoms with E-state index in [2.05, 4.69) is 10.3 Å². The summed E-state index contributed by atoms with van der Waals surface area (Å²) in [6.07, 6.45) is 0. The van der Waals surface area contributed by atoms with Crippen LogP contribution in [0, 0.1) is 0 Å². The molecule has 0 aliphatic carbocycles. The molecule has 0 aliphatic rings. The van der Waals surface area contributed by atoms with Crippen LogP contribution in [0.3, 0.4) is 0 Å². The first kappa shape index (κ1) is 14.8. The van der Waals surface area contributed by atoms with Crippen LogP contribution in [0.25, 0.3) is 10.8 Å². The fourth-order valence-electron chi connectivity index (χ4n) is 1.91. The molecule has 2 aromatic rings. The minimum absolute atomic E-state index is 0.0745. The van der Waals surface area contributed by atoms with Crippen LogP contribution in [0.1, 0.15) is 24.3 Å². The van der Waals surface area contributed by atoms with E-state index in [9.17, 15) is 4.79 Å². The molecule has 0 saturated heterocycles. The van der Waals surface area contributed by atoms with Crippen LogP contribution in [0.5, 0.6) is 0 Å². The van der Waals surface area contributed by atoms with Crippen molar-refractivity contribution in [2.24, 2.45) is 0 Å². The SMILES string of the molecule is CCOCC(C)NC(=O)c1cc2ccccc2c(Cl)n1. The number of benzene rings is 1. The molecule has 0 spiro atoms. The topological polar surface area (TPSA) is 51.2 Å². The Kier molecular flexibility index (Phi) is 4.93. The molecule has 0 aliphatic heterocycles. The zero-order valence-corrected chi connectivity index (χ0v) is 12.3. The van der Waals surface area contributed by atoms with Gasteiger partial charge in [0, 0.05) is 18.0 Å². The third-order valence-electron chi connectivity index (χ3n) is 2.88. The molecule has 1 aromatic carbocycles. The number of aromatic nitrogens is 1. The Balaban J connectivity index is 2.18. The maximum Gasteiger partial charge on any atom is 0.270 e. The predicted octanol–water partition coefficient (Wildman–Crippen LogP) is 3.04. The number of ether oxygens (including phenoxy) is 1. The van der Waals surface area contributed by atoms with E-state index < -0.39 is 0 Å². The molecule has 1 N–H and O–H groups in total. The van der Waals surface area contributed by atoms with Gasteiger partial charge in [-0.1, -0.05) is 35.9 Å². The number of carbonyl (C=O) groups is 1. The van der Waals surface area contributed by atoms with E-state index in [1.807, 2.05) is 38.1 Å². The summed E-state index contributed by atoms with van der Waals surface area (Å²) >= 11 is 6.11. The number of nitrogens with one attached hydrogen (secondary N) is 1. The highest BCUT2D eigenvalue weighted by Gasteiger charge is 2.13. The molecule has 5 heteroatoms. The van der Waals surface area contributed by atoms with Gasteiger partial charge in [0.25, 0.3) is 5.91 Å². The molecule has 106 valence electrons. The Hall–Kier alpha value is -1.65. The first-order valence-corrected chi connectivity index (χ1v) is 6.93. The highest BCUT2D eigenvalue weighted by atomic mass is 35.5. The summed E-state index contributed by atoms with van der Waals surface area (Å²) in [5.41, 5.74) is 0.317. The quantitative estimate of drug-likeness (QED) is 0.862. The zero-order valence-electron chi connectivity index (χ0n) is 11.5. The molecule has 0 saturated carbocycles. The van der Waals surface area contributed by atoms with E-state index in [1.165, 1.54) is 0 Å². The number of rotatable bonds is 5. The molecule has 1 unspecified atom stereocenters. The maximum absolute atomic E-state index is 12.1. The molecule has 0 fully saturated rings. The second-order valence-corrected chi connectivity index (χ2v) is 4.91. The van der Waals surface area contributed by atoms with E-state index in [0.29, 0.717) is 24.1 Å². The summed E-state index contributed by atoms with van der Waals surface area (Å²) in [5.74, 6) is -0.246. The highest BCUT2D eigenvalue weighted by Crippen LogP contribution is 2.22. The van der Waals surface area contributed by atoms with Gasteiger partial charge in [-0.25, -0.2) is 4.98 Å². The van der Waals surface area contributed by atoms with E-state index in [4.69, 9.17) is 16.3 Å². The minimum atomic E-state index is -0.246.